The van der Waals surface area contributed by atoms with Gasteiger partial charge in [-0.2, -0.15) is 0 Å². The molecule has 0 atom stereocenters. The molecule has 0 saturated carbocycles. The van der Waals surface area contributed by atoms with Crippen LogP contribution in [0.15, 0.2) is 0 Å². The van der Waals surface area contributed by atoms with Gasteiger partial charge in [-0.25, -0.2) is 0 Å². The summed E-state index contributed by atoms with van der Waals surface area (Å²) in [7, 11) is 0. The van der Waals surface area contributed by atoms with Crippen LogP contribution in [0.4, 0.5) is 0 Å². The van der Waals surface area contributed by atoms with Crippen LogP contribution in [-0.2, 0) is 0 Å². The summed E-state index contributed by atoms with van der Waals surface area (Å²) in [5.74, 6) is 0.379. The smallest absolute Gasteiger partial charge is 0.0549 e. The Bertz CT molecular complexity index is 127. The van der Waals surface area contributed by atoms with Crippen molar-refractivity contribution < 1.29 is 0 Å². The quantitative estimate of drug-likeness (QED) is 0.565. The third kappa shape index (κ3) is 2.29. The Kier molecular flexibility index (Phi) is 3.26. The fourth-order valence-electron chi connectivity index (χ4n) is 0.622. The SMILES string of the molecule is CC(C)C(=N)C(=N)C(C)C. The van der Waals surface area contributed by atoms with Crippen molar-refractivity contribution in [1.82, 2.24) is 0 Å². The van der Waals surface area contributed by atoms with Crippen molar-refractivity contribution >= 4 is 11.4 Å². The Labute approximate surface area is 62.7 Å². The van der Waals surface area contributed by atoms with Crippen molar-refractivity contribution in [3.63, 3.8) is 0 Å². The average molecular weight is 140 g/mol. The first-order valence-corrected chi connectivity index (χ1v) is 3.64. The first kappa shape index (κ1) is 9.34. The second kappa shape index (κ2) is 3.49. The second-order valence-electron chi connectivity index (χ2n) is 3.14. The molecule has 0 aliphatic carbocycles. The van der Waals surface area contributed by atoms with Crippen LogP contribution < -0.4 is 0 Å². The molecule has 0 aromatic rings. The number of hydrogen-bond acceptors (Lipinski definition) is 2. The van der Waals surface area contributed by atoms with Gasteiger partial charge in [-0.3, -0.25) is 0 Å². The van der Waals surface area contributed by atoms with Crippen LogP contribution in [0.1, 0.15) is 27.7 Å². The molecular formula is C8H16N2. The first-order valence-electron chi connectivity index (χ1n) is 3.64. The van der Waals surface area contributed by atoms with E-state index in [0.717, 1.165) is 0 Å². The van der Waals surface area contributed by atoms with Crippen LogP contribution in [0, 0.1) is 22.7 Å². The normalized spacial score (nSPS) is 10.6. The van der Waals surface area contributed by atoms with Crippen molar-refractivity contribution in [2.24, 2.45) is 11.8 Å². The molecule has 0 spiro atoms. The molecule has 2 heteroatoms. The van der Waals surface area contributed by atoms with Gasteiger partial charge in [0.05, 0.1) is 11.4 Å². The minimum Gasteiger partial charge on any atom is -0.303 e. The van der Waals surface area contributed by atoms with Gasteiger partial charge in [-0.15, -0.1) is 0 Å². The van der Waals surface area contributed by atoms with Crippen molar-refractivity contribution in [1.29, 1.82) is 10.8 Å². The van der Waals surface area contributed by atoms with E-state index in [1.807, 2.05) is 27.7 Å². The Hall–Kier alpha value is -0.660. The lowest BCUT2D eigenvalue weighted by molar-refractivity contribution is 0.845. The Balaban J connectivity index is 4.10. The van der Waals surface area contributed by atoms with Crippen molar-refractivity contribution in [2.45, 2.75) is 27.7 Å². The highest BCUT2D eigenvalue weighted by molar-refractivity contribution is 6.41. The highest BCUT2D eigenvalue weighted by Crippen LogP contribution is 2.03. The minimum atomic E-state index is 0.190. The van der Waals surface area contributed by atoms with Gasteiger partial charge in [-0.1, -0.05) is 27.7 Å². The Morgan fingerprint density at radius 3 is 1.10 bits per heavy atom. The standard InChI is InChI=1S/C8H16N2/c1-5(2)7(9)8(10)6(3)4/h5-6,9-10H,1-4H3. The molecule has 0 saturated heterocycles. The molecule has 0 aromatic heterocycles. The lowest BCUT2D eigenvalue weighted by atomic mass is 9.96. The predicted molar refractivity (Wildman–Crippen MR) is 45.1 cm³/mol. The molecule has 10 heavy (non-hydrogen) atoms. The molecule has 0 rings (SSSR count). The van der Waals surface area contributed by atoms with E-state index in [1.54, 1.807) is 0 Å². The lowest BCUT2D eigenvalue weighted by Crippen LogP contribution is -2.22. The third-order valence-corrected chi connectivity index (χ3v) is 1.44. The average Bonchev–Trinajstić information content (AvgIpc) is 1.84. The molecule has 0 unspecified atom stereocenters. The predicted octanol–water partition coefficient (Wildman–Crippen LogP) is 2.34. The molecule has 0 fully saturated rings. The zero-order valence-corrected chi connectivity index (χ0v) is 7.15. The molecule has 2 N–H and O–H groups in total. The summed E-state index contributed by atoms with van der Waals surface area (Å²) in [4.78, 5) is 0. The van der Waals surface area contributed by atoms with Gasteiger partial charge in [0, 0.05) is 0 Å². The van der Waals surface area contributed by atoms with E-state index < -0.39 is 0 Å². The summed E-state index contributed by atoms with van der Waals surface area (Å²) in [5.41, 5.74) is 0.935. The van der Waals surface area contributed by atoms with Gasteiger partial charge in [0.1, 0.15) is 0 Å². The van der Waals surface area contributed by atoms with Crippen LogP contribution >= 0.6 is 0 Å². The van der Waals surface area contributed by atoms with E-state index in [2.05, 4.69) is 0 Å². The summed E-state index contributed by atoms with van der Waals surface area (Å²) >= 11 is 0. The van der Waals surface area contributed by atoms with Crippen LogP contribution in [-0.4, -0.2) is 11.4 Å². The van der Waals surface area contributed by atoms with Crippen LogP contribution in [0.3, 0.4) is 0 Å². The van der Waals surface area contributed by atoms with E-state index in [9.17, 15) is 0 Å². The first-order chi connectivity index (χ1) is 4.46. The van der Waals surface area contributed by atoms with Gasteiger partial charge in [-0.05, 0) is 11.8 Å². The van der Waals surface area contributed by atoms with Gasteiger partial charge >= 0.3 is 0 Å². The van der Waals surface area contributed by atoms with Crippen molar-refractivity contribution in [3.8, 4) is 0 Å². The van der Waals surface area contributed by atoms with Crippen molar-refractivity contribution in [3.05, 3.63) is 0 Å². The lowest BCUT2D eigenvalue weighted by Gasteiger charge is -2.11. The molecular weight excluding hydrogens is 124 g/mol. The molecule has 0 amide bonds. The fourth-order valence-corrected chi connectivity index (χ4v) is 0.622. The molecule has 0 aliphatic rings. The van der Waals surface area contributed by atoms with E-state index >= 15 is 0 Å². The van der Waals surface area contributed by atoms with Gasteiger partial charge in [0.25, 0.3) is 0 Å². The maximum atomic E-state index is 7.46. The van der Waals surface area contributed by atoms with Crippen LogP contribution in [0.5, 0.6) is 0 Å². The zero-order chi connectivity index (χ0) is 8.31. The second-order valence-corrected chi connectivity index (χ2v) is 3.14. The third-order valence-electron chi connectivity index (χ3n) is 1.44. The van der Waals surface area contributed by atoms with E-state index in [0.29, 0.717) is 11.4 Å². The monoisotopic (exact) mass is 140 g/mol. The minimum absolute atomic E-state index is 0.190. The largest absolute Gasteiger partial charge is 0.303 e. The van der Waals surface area contributed by atoms with E-state index in [4.69, 9.17) is 10.8 Å². The van der Waals surface area contributed by atoms with Gasteiger partial charge in [0.15, 0.2) is 0 Å². The van der Waals surface area contributed by atoms with Crippen molar-refractivity contribution in [2.75, 3.05) is 0 Å². The van der Waals surface area contributed by atoms with Crippen LogP contribution in [0.25, 0.3) is 0 Å². The molecule has 0 aromatic carbocycles. The van der Waals surface area contributed by atoms with Crippen LogP contribution in [0.2, 0.25) is 0 Å². The number of rotatable bonds is 3. The summed E-state index contributed by atoms with van der Waals surface area (Å²) in [6.07, 6.45) is 0. The van der Waals surface area contributed by atoms with E-state index in [-0.39, 0.29) is 11.8 Å². The Morgan fingerprint density at radius 2 is 1.00 bits per heavy atom. The highest BCUT2D eigenvalue weighted by atomic mass is 14.5. The zero-order valence-electron chi connectivity index (χ0n) is 7.15. The Morgan fingerprint density at radius 1 is 0.800 bits per heavy atom. The molecule has 0 radical (unpaired) electrons. The molecule has 2 nitrogen and oxygen atoms in total. The number of nitrogens with one attached hydrogen (secondary N) is 2. The molecule has 58 valence electrons. The number of hydrogen-bond donors (Lipinski definition) is 2. The maximum Gasteiger partial charge on any atom is 0.0549 e. The highest BCUT2D eigenvalue weighted by Gasteiger charge is 2.11. The molecule has 0 heterocycles. The summed E-state index contributed by atoms with van der Waals surface area (Å²) < 4.78 is 0. The maximum absolute atomic E-state index is 7.46. The topological polar surface area (TPSA) is 47.7 Å². The summed E-state index contributed by atoms with van der Waals surface area (Å²) in [6.45, 7) is 7.77. The molecule has 0 aliphatic heterocycles. The van der Waals surface area contributed by atoms with Gasteiger partial charge in [0.2, 0.25) is 0 Å². The van der Waals surface area contributed by atoms with E-state index in [1.165, 1.54) is 0 Å². The summed E-state index contributed by atoms with van der Waals surface area (Å²) in [6, 6.07) is 0. The van der Waals surface area contributed by atoms with Gasteiger partial charge < -0.3 is 10.8 Å². The fraction of sp³-hybridized carbons (Fsp3) is 0.750. The summed E-state index contributed by atoms with van der Waals surface area (Å²) in [5, 5.41) is 14.9. The molecule has 0 bridgehead atoms.